The lowest BCUT2D eigenvalue weighted by atomic mass is 9.86. The van der Waals surface area contributed by atoms with Gasteiger partial charge in [0, 0.05) is 18.2 Å². The van der Waals surface area contributed by atoms with Crippen LogP contribution in [0.15, 0.2) is 28.8 Å². The molecule has 0 radical (unpaired) electrons. The van der Waals surface area contributed by atoms with Gasteiger partial charge in [0.05, 0.1) is 4.75 Å². The zero-order valence-corrected chi connectivity index (χ0v) is 17.8. The molecule has 7 nitrogen and oxygen atoms in total. The Morgan fingerprint density at radius 1 is 1.14 bits per heavy atom. The van der Waals surface area contributed by atoms with E-state index in [1.54, 1.807) is 20.8 Å². The van der Waals surface area contributed by atoms with E-state index in [1.165, 1.54) is 0 Å². The molecule has 1 aliphatic rings. The fourth-order valence-electron chi connectivity index (χ4n) is 3.34. The first-order chi connectivity index (χ1) is 13.2. The molecule has 0 saturated heterocycles. The molecule has 1 heterocycles. The van der Waals surface area contributed by atoms with Crippen molar-refractivity contribution in [3.8, 4) is 11.4 Å². The number of sulfonamides is 1. The molecule has 3 rings (SSSR count). The second-order valence-electron chi connectivity index (χ2n) is 8.56. The Kier molecular flexibility index (Phi) is 6.09. The average Bonchev–Trinajstić information content (AvgIpc) is 3.09. The van der Waals surface area contributed by atoms with E-state index in [9.17, 15) is 8.42 Å². The van der Waals surface area contributed by atoms with Gasteiger partial charge in [-0.3, -0.25) is 0 Å². The fraction of sp³-hybridized carbons (Fsp3) is 0.600. The van der Waals surface area contributed by atoms with Gasteiger partial charge in [-0.05, 0) is 64.9 Å². The summed E-state index contributed by atoms with van der Waals surface area (Å²) in [4.78, 5) is 4.47. The smallest absolute Gasteiger partial charge is 0.322 e. The lowest BCUT2D eigenvalue weighted by Gasteiger charge is -2.29. The predicted molar refractivity (Wildman–Crippen MR) is 111 cm³/mol. The van der Waals surface area contributed by atoms with Crippen LogP contribution >= 0.6 is 0 Å². The summed E-state index contributed by atoms with van der Waals surface area (Å²) in [6.45, 7) is 7.67. The number of benzene rings is 1. The third kappa shape index (κ3) is 4.91. The number of hydrogen-bond acceptors (Lipinski definition) is 6. The summed E-state index contributed by atoms with van der Waals surface area (Å²) in [7, 11) is -3.29. The van der Waals surface area contributed by atoms with Crippen LogP contribution in [0.25, 0.3) is 11.4 Å². The quantitative estimate of drug-likeness (QED) is 0.759. The van der Waals surface area contributed by atoms with E-state index in [0.29, 0.717) is 24.3 Å². The maximum absolute atomic E-state index is 12.2. The zero-order chi connectivity index (χ0) is 20.4. The van der Waals surface area contributed by atoms with E-state index < -0.39 is 14.8 Å². The van der Waals surface area contributed by atoms with Gasteiger partial charge in [0.15, 0.2) is 0 Å². The van der Waals surface area contributed by atoms with E-state index in [0.717, 1.165) is 36.8 Å². The summed E-state index contributed by atoms with van der Waals surface area (Å²) in [6, 6.07) is 8.65. The number of hydrogen-bond donors (Lipinski definition) is 2. The molecule has 1 saturated carbocycles. The second kappa shape index (κ2) is 8.21. The summed E-state index contributed by atoms with van der Waals surface area (Å²) in [5.74, 6) is 0.950. The van der Waals surface area contributed by atoms with Crippen molar-refractivity contribution >= 4 is 16.0 Å². The monoisotopic (exact) mass is 406 g/mol. The van der Waals surface area contributed by atoms with Gasteiger partial charge in [0.25, 0.3) is 0 Å². The van der Waals surface area contributed by atoms with E-state index in [-0.39, 0.29) is 6.04 Å². The Morgan fingerprint density at radius 3 is 2.46 bits per heavy atom. The van der Waals surface area contributed by atoms with E-state index in [1.807, 2.05) is 31.2 Å². The van der Waals surface area contributed by atoms with Crippen molar-refractivity contribution in [1.82, 2.24) is 14.9 Å². The maximum Gasteiger partial charge on any atom is 0.322 e. The highest BCUT2D eigenvalue weighted by Gasteiger charge is 2.30. The van der Waals surface area contributed by atoms with Crippen LogP contribution in [-0.4, -0.2) is 35.9 Å². The zero-order valence-electron chi connectivity index (χ0n) is 17.0. The maximum atomic E-state index is 12.2. The summed E-state index contributed by atoms with van der Waals surface area (Å²) < 4.78 is 31.7. The molecule has 1 aliphatic carbocycles. The van der Waals surface area contributed by atoms with E-state index in [2.05, 4.69) is 20.2 Å². The number of anilines is 1. The van der Waals surface area contributed by atoms with Crippen molar-refractivity contribution in [2.75, 3.05) is 11.9 Å². The topological polar surface area (TPSA) is 97.1 Å². The molecular formula is C20H30N4O3S. The first-order valence-corrected chi connectivity index (χ1v) is 11.3. The molecule has 0 amide bonds. The molecule has 1 aromatic carbocycles. The van der Waals surface area contributed by atoms with Crippen LogP contribution in [0, 0.1) is 12.8 Å². The highest BCUT2D eigenvalue weighted by atomic mass is 32.2. The Labute approximate surface area is 167 Å². The van der Waals surface area contributed by atoms with Crippen molar-refractivity contribution in [1.29, 1.82) is 0 Å². The van der Waals surface area contributed by atoms with Crippen molar-refractivity contribution in [2.24, 2.45) is 5.92 Å². The SMILES string of the molecule is Cc1ccccc1-c1noc(N[C@H]2CC[C@H](CNS(=O)(=O)C(C)(C)C)CC2)n1. The Hall–Kier alpha value is -1.93. The van der Waals surface area contributed by atoms with Crippen LogP contribution in [-0.2, 0) is 10.0 Å². The first kappa shape index (κ1) is 20.8. The highest BCUT2D eigenvalue weighted by molar-refractivity contribution is 7.90. The molecule has 1 aromatic heterocycles. The van der Waals surface area contributed by atoms with Crippen LogP contribution in [0.5, 0.6) is 0 Å². The summed E-state index contributed by atoms with van der Waals surface area (Å²) in [6.07, 6.45) is 3.82. The lowest BCUT2D eigenvalue weighted by Crippen LogP contribution is -2.42. The molecule has 0 bridgehead atoms. The number of rotatable bonds is 6. The van der Waals surface area contributed by atoms with Crippen LogP contribution < -0.4 is 10.0 Å². The molecule has 154 valence electrons. The normalized spacial score (nSPS) is 20.9. The van der Waals surface area contributed by atoms with Gasteiger partial charge in [-0.2, -0.15) is 4.98 Å². The summed E-state index contributed by atoms with van der Waals surface area (Å²) in [5, 5.41) is 7.41. The Morgan fingerprint density at radius 2 is 1.82 bits per heavy atom. The molecule has 1 fully saturated rings. The molecule has 0 unspecified atom stereocenters. The molecular weight excluding hydrogens is 376 g/mol. The first-order valence-electron chi connectivity index (χ1n) is 9.81. The standard InChI is InChI=1S/C20H30N4O3S/c1-14-7-5-6-8-17(14)18-23-19(27-24-18)22-16-11-9-15(10-12-16)13-21-28(25,26)20(2,3)4/h5-8,15-16,21H,9-13H2,1-4H3,(H,22,23,24)/t15-,16-. The number of nitrogens with zero attached hydrogens (tertiary/aromatic N) is 2. The summed E-state index contributed by atoms with van der Waals surface area (Å²) in [5.41, 5.74) is 2.07. The van der Waals surface area contributed by atoms with Crippen LogP contribution in [0.1, 0.15) is 52.0 Å². The lowest BCUT2D eigenvalue weighted by molar-refractivity contribution is 0.329. The van der Waals surface area contributed by atoms with Gasteiger partial charge in [-0.15, -0.1) is 0 Å². The van der Waals surface area contributed by atoms with Gasteiger partial charge in [-0.25, -0.2) is 13.1 Å². The number of aromatic nitrogens is 2. The minimum atomic E-state index is -3.29. The van der Waals surface area contributed by atoms with Crippen molar-refractivity contribution in [2.45, 2.75) is 64.2 Å². The van der Waals surface area contributed by atoms with E-state index in [4.69, 9.17) is 4.52 Å². The van der Waals surface area contributed by atoms with Crippen LogP contribution in [0.2, 0.25) is 0 Å². The number of aryl methyl sites for hydroxylation is 1. The molecule has 8 heteroatoms. The van der Waals surface area contributed by atoms with Gasteiger partial charge in [0.2, 0.25) is 15.8 Å². The van der Waals surface area contributed by atoms with Gasteiger partial charge in [-0.1, -0.05) is 29.4 Å². The Bertz CT molecular complexity index is 894. The molecule has 0 spiro atoms. The van der Waals surface area contributed by atoms with Gasteiger partial charge in [0.1, 0.15) is 0 Å². The predicted octanol–water partition coefficient (Wildman–Crippen LogP) is 3.73. The Balaban J connectivity index is 1.50. The van der Waals surface area contributed by atoms with Gasteiger partial charge >= 0.3 is 6.01 Å². The van der Waals surface area contributed by atoms with Crippen molar-refractivity contribution in [3.63, 3.8) is 0 Å². The number of nitrogens with one attached hydrogen (secondary N) is 2. The average molecular weight is 407 g/mol. The summed E-state index contributed by atoms with van der Waals surface area (Å²) >= 11 is 0. The minimum Gasteiger partial charge on any atom is -0.335 e. The van der Waals surface area contributed by atoms with Crippen molar-refractivity contribution in [3.05, 3.63) is 29.8 Å². The third-order valence-electron chi connectivity index (χ3n) is 5.35. The molecule has 2 aromatic rings. The molecule has 0 atom stereocenters. The van der Waals surface area contributed by atoms with Crippen molar-refractivity contribution < 1.29 is 12.9 Å². The van der Waals surface area contributed by atoms with Crippen LogP contribution in [0.4, 0.5) is 6.01 Å². The van der Waals surface area contributed by atoms with Gasteiger partial charge < -0.3 is 9.84 Å². The van der Waals surface area contributed by atoms with Crippen LogP contribution in [0.3, 0.4) is 0 Å². The molecule has 0 aliphatic heterocycles. The second-order valence-corrected chi connectivity index (χ2v) is 11.1. The van der Waals surface area contributed by atoms with E-state index >= 15 is 0 Å². The highest BCUT2D eigenvalue weighted by Crippen LogP contribution is 2.28. The third-order valence-corrected chi connectivity index (χ3v) is 7.51. The molecule has 28 heavy (non-hydrogen) atoms. The largest absolute Gasteiger partial charge is 0.335 e. The molecule has 2 N–H and O–H groups in total. The minimum absolute atomic E-state index is 0.264. The fourth-order valence-corrected chi connectivity index (χ4v) is 4.23.